The molecule has 0 radical (unpaired) electrons. The molecular weight excluding hydrogens is 332 g/mol. The minimum atomic E-state index is -0.846. The summed E-state index contributed by atoms with van der Waals surface area (Å²) in [7, 11) is 0. The highest BCUT2D eigenvalue weighted by Gasteiger charge is 2.23. The molecule has 1 aliphatic rings. The standard InChI is InChI=1S/C19H24N4OS/c1-19(24,15-9-3-2-4-10-15)11-12-20-17-22-23-13-16(21-18(23)25-17)14-7-5-6-8-14/h2-4,9-10,13-14,24H,5-8,11-12H2,1H3,(H,20,22). The molecule has 2 aromatic heterocycles. The van der Waals surface area contributed by atoms with E-state index in [1.807, 2.05) is 41.8 Å². The molecular formula is C19H24N4OS. The van der Waals surface area contributed by atoms with Crippen molar-refractivity contribution in [1.82, 2.24) is 14.6 Å². The van der Waals surface area contributed by atoms with Gasteiger partial charge in [-0.1, -0.05) is 54.5 Å². The van der Waals surface area contributed by atoms with Crippen molar-refractivity contribution in [2.24, 2.45) is 0 Å². The van der Waals surface area contributed by atoms with Gasteiger partial charge < -0.3 is 10.4 Å². The quantitative estimate of drug-likeness (QED) is 0.696. The van der Waals surface area contributed by atoms with Crippen LogP contribution in [0.15, 0.2) is 36.5 Å². The molecule has 0 spiro atoms. The van der Waals surface area contributed by atoms with Crippen LogP contribution in [0, 0.1) is 0 Å². The number of aliphatic hydroxyl groups is 1. The maximum absolute atomic E-state index is 10.6. The second-order valence-corrected chi connectivity index (χ2v) is 8.05. The fourth-order valence-electron chi connectivity index (χ4n) is 3.56. The monoisotopic (exact) mass is 356 g/mol. The van der Waals surface area contributed by atoms with Gasteiger partial charge in [-0.05, 0) is 31.7 Å². The summed E-state index contributed by atoms with van der Waals surface area (Å²) >= 11 is 1.57. The molecule has 3 aromatic rings. The Kier molecular flexibility index (Phi) is 4.48. The Balaban J connectivity index is 1.37. The van der Waals surface area contributed by atoms with Crippen LogP contribution >= 0.6 is 11.3 Å². The normalized spacial score (nSPS) is 17.8. The van der Waals surface area contributed by atoms with Gasteiger partial charge in [0.1, 0.15) is 0 Å². The molecule has 1 unspecified atom stereocenters. The highest BCUT2D eigenvalue weighted by molar-refractivity contribution is 7.20. The molecule has 1 aliphatic carbocycles. The molecule has 2 heterocycles. The minimum absolute atomic E-state index is 0.617. The predicted molar refractivity (Wildman–Crippen MR) is 101 cm³/mol. The van der Waals surface area contributed by atoms with Gasteiger partial charge in [-0.2, -0.15) is 0 Å². The number of nitrogens with one attached hydrogen (secondary N) is 1. The summed E-state index contributed by atoms with van der Waals surface area (Å²) in [5.74, 6) is 0.617. The first kappa shape index (κ1) is 16.5. The molecule has 1 atom stereocenters. The minimum Gasteiger partial charge on any atom is -0.385 e. The third kappa shape index (κ3) is 3.55. The summed E-state index contributed by atoms with van der Waals surface area (Å²) in [6.45, 7) is 2.51. The van der Waals surface area contributed by atoms with Crippen LogP contribution in [0.3, 0.4) is 0 Å². The number of hydrogen-bond acceptors (Lipinski definition) is 5. The Hall–Kier alpha value is -1.92. The lowest BCUT2D eigenvalue weighted by Gasteiger charge is -2.23. The van der Waals surface area contributed by atoms with Crippen molar-refractivity contribution in [1.29, 1.82) is 0 Å². The van der Waals surface area contributed by atoms with Crippen molar-refractivity contribution >= 4 is 21.4 Å². The van der Waals surface area contributed by atoms with Gasteiger partial charge in [-0.15, -0.1) is 5.10 Å². The van der Waals surface area contributed by atoms with Crippen LogP contribution in [-0.4, -0.2) is 26.2 Å². The van der Waals surface area contributed by atoms with Crippen molar-refractivity contribution in [2.75, 3.05) is 11.9 Å². The van der Waals surface area contributed by atoms with Gasteiger partial charge in [-0.25, -0.2) is 9.50 Å². The lowest BCUT2D eigenvalue weighted by atomic mass is 9.93. The molecule has 1 saturated carbocycles. The Labute approximate surface area is 151 Å². The van der Waals surface area contributed by atoms with Gasteiger partial charge in [0.05, 0.1) is 17.5 Å². The van der Waals surface area contributed by atoms with Crippen molar-refractivity contribution < 1.29 is 5.11 Å². The first-order valence-electron chi connectivity index (χ1n) is 9.00. The van der Waals surface area contributed by atoms with E-state index in [-0.39, 0.29) is 0 Å². The van der Waals surface area contributed by atoms with Gasteiger partial charge in [0.2, 0.25) is 10.1 Å². The number of nitrogens with zero attached hydrogens (tertiary/aromatic N) is 3. The Bertz CT molecular complexity index is 802. The molecule has 2 N–H and O–H groups in total. The third-order valence-electron chi connectivity index (χ3n) is 5.12. The van der Waals surface area contributed by atoms with Gasteiger partial charge in [-0.3, -0.25) is 0 Å². The molecule has 4 rings (SSSR count). The molecule has 5 nitrogen and oxygen atoms in total. The van der Waals surface area contributed by atoms with E-state index < -0.39 is 5.60 Å². The summed E-state index contributed by atoms with van der Waals surface area (Å²) < 4.78 is 1.88. The van der Waals surface area contributed by atoms with Crippen LogP contribution < -0.4 is 5.32 Å². The molecule has 132 valence electrons. The van der Waals surface area contributed by atoms with E-state index in [2.05, 4.69) is 16.6 Å². The number of imidazole rings is 1. The third-order valence-corrected chi connectivity index (χ3v) is 6.00. The highest BCUT2D eigenvalue weighted by Crippen LogP contribution is 2.34. The molecule has 6 heteroatoms. The number of rotatable bonds is 6. The lowest BCUT2D eigenvalue weighted by molar-refractivity contribution is 0.0515. The highest BCUT2D eigenvalue weighted by atomic mass is 32.1. The molecule has 0 amide bonds. The molecule has 25 heavy (non-hydrogen) atoms. The molecule has 0 aliphatic heterocycles. The maximum atomic E-state index is 10.6. The Morgan fingerprint density at radius 1 is 1.28 bits per heavy atom. The first-order chi connectivity index (χ1) is 12.1. The van der Waals surface area contributed by atoms with E-state index >= 15 is 0 Å². The van der Waals surface area contributed by atoms with Crippen molar-refractivity contribution in [3.8, 4) is 0 Å². The number of anilines is 1. The molecule has 1 aromatic carbocycles. The largest absolute Gasteiger partial charge is 0.385 e. The van der Waals surface area contributed by atoms with E-state index in [4.69, 9.17) is 4.98 Å². The Morgan fingerprint density at radius 3 is 2.76 bits per heavy atom. The van der Waals surface area contributed by atoms with E-state index in [9.17, 15) is 5.11 Å². The van der Waals surface area contributed by atoms with E-state index in [0.717, 1.165) is 15.7 Å². The van der Waals surface area contributed by atoms with Crippen LogP contribution in [0.5, 0.6) is 0 Å². The number of benzene rings is 1. The van der Waals surface area contributed by atoms with Crippen LogP contribution in [0.1, 0.15) is 56.2 Å². The van der Waals surface area contributed by atoms with Gasteiger partial charge in [0, 0.05) is 12.5 Å². The molecule has 0 saturated heterocycles. The Morgan fingerprint density at radius 2 is 2.04 bits per heavy atom. The zero-order valence-electron chi connectivity index (χ0n) is 14.5. The van der Waals surface area contributed by atoms with Crippen LogP contribution in [0.25, 0.3) is 4.96 Å². The van der Waals surface area contributed by atoms with Gasteiger partial charge in [0.15, 0.2) is 0 Å². The topological polar surface area (TPSA) is 62.5 Å². The van der Waals surface area contributed by atoms with Crippen LogP contribution in [-0.2, 0) is 5.60 Å². The molecule has 0 bridgehead atoms. The average Bonchev–Trinajstić information content (AvgIpc) is 3.31. The molecule has 1 fully saturated rings. The zero-order chi connectivity index (χ0) is 17.3. The fourth-order valence-corrected chi connectivity index (χ4v) is 4.38. The van der Waals surface area contributed by atoms with E-state index in [1.165, 1.54) is 31.4 Å². The van der Waals surface area contributed by atoms with Gasteiger partial charge >= 0.3 is 0 Å². The summed E-state index contributed by atoms with van der Waals surface area (Å²) in [5, 5.41) is 19.4. The number of fused-ring (bicyclic) bond motifs is 1. The average molecular weight is 356 g/mol. The lowest BCUT2D eigenvalue weighted by Crippen LogP contribution is -2.24. The van der Waals surface area contributed by atoms with Crippen molar-refractivity contribution in [3.63, 3.8) is 0 Å². The maximum Gasteiger partial charge on any atom is 0.214 e. The van der Waals surface area contributed by atoms with Crippen LogP contribution in [0.4, 0.5) is 5.13 Å². The summed E-state index contributed by atoms with van der Waals surface area (Å²) in [5.41, 5.74) is 1.28. The number of hydrogen-bond donors (Lipinski definition) is 2. The first-order valence-corrected chi connectivity index (χ1v) is 9.81. The SMILES string of the molecule is CC(O)(CCNc1nn2cc(C3CCCC3)nc2s1)c1ccccc1. The fraction of sp³-hybridized carbons (Fsp3) is 0.474. The summed E-state index contributed by atoms with van der Waals surface area (Å²) in [6, 6.07) is 9.79. The van der Waals surface area contributed by atoms with Crippen molar-refractivity contribution in [2.45, 2.75) is 50.5 Å². The van der Waals surface area contributed by atoms with Crippen molar-refractivity contribution in [3.05, 3.63) is 47.8 Å². The smallest absolute Gasteiger partial charge is 0.214 e. The summed E-state index contributed by atoms with van der Waals surface area (Å²) in [4.78, 5) is 5.69. The van der Waals surface area contributed by atoms with E-state index in [1.54, 1.807) is 11.3 Å². The second kappa shape index (κ2) is 6.77. The van der Waals surface area contributed by atoms with Crippen LogP contribution in [0.2, 0.25) is 0 Å². The van der Waals surface area contributed by atoms with Gasteiger partial charge in [0.25, 0.3) is 0 Å². The second-order valence-electron chi connectivity index (χ2n) is 7.10. The summed E-state index contributed by atoms with van der Waals surface area (Å²) in [6.07, 6.45) is 7.84. The van der Waals surface area contributed by atoms with E-state index in [0.29, 0.717) is 18.9 Å². The predicted octanol–water partition coefficient (Wildman–Crippen LogP) is 4.16. The zero-order valence-corrected chi connectivity index (χ0v) is 15.3. The number of aromatic nitrogens is 3.